The van der Waals surface area contributed by atoms with E-state index in [0.717, 1.165) is 48.4 Å². The summed E-state index contributed by atoms with van der Waals surface area (Å²) >= 11 is 0. The maximum absolute atomic E-state index is 13.2. The Bertz CT molecular complexity index is 1390. The van der Waals surface area contributed by atoms with Crippen LogP contribution in [0.4, 0.5) is 10.1 Å². The fraction of sp³-hybridized carbons (Fsp3) is 0.500. The maximum atomic E-state index is 13.2. The topological polar surface area (TPSA) is 84.8 Å². The highest BCUT2D eigenvalue weighted by molar-refractivity contribution is 5.85. The van der Waals surface area contributed by atoms with Gasteiger partial charge < -0.3 is 19.5 Å². The third-order valence-electron chi connectivity index (χ3n) is 8.37. The maximum Gasteiger partial charge on any atom is 0.337 e. The van der Waals surface area contributed by atoms with Crippen LogP contribution in [0.1, 0.15) is 82.5 Å². The molecular weight excluding hydrogens is 533 g/mol. The minimum absolute atomic E-state index is 0.216. The van der Waals surface area contributed by atoms with Gasteiger partial charge in [-0.05, 0) is 82.2 Å². The Labute approximate surface area is 249 Å². The molecule has 1 saturated heterocycles. The number of anilines is 1. The van der Waals surface area contributed by atoms with Crippen molar-refractivity contribution in [1.82, 2.24) is 9.97 Å². The highest BCUT2D eigenvalue weighted by Gasteiger charge is 2.36. The smallest absolute Gasteiger partial charge is 0.337 e. The first-order chi connectivity index (χ1) is 19.8. The zero-order chi connectivity index (χ0) is 30.7. The van der Waals surface area contributed by atoms with Crippen molar-refractivity contribution in [2.24, 2.45) is 5.41 Å². The average Bonchev–Trinajstić information content (AvgIpc) is 2.94. The second kappa shape index (κ2) is 12.8. The Balaban J connectivity index is 1.72. The monoisotopic (exact) mass is 577 g/mol. The van der Waals surface area contributed by atoms with E-state index in [-0.39, 0.29) is 11.2 Å². The molecule has 4 rings (SSSR count). The zero-order valence-electron chi connectivity index (χ0n) is 26.0. The van der Waals surface area contributed by atoms with E-state index in [4.69, 9.17) is 14.5 Å². The van der Waals surface area contributed by atoms with Crippen molar-refractivity contribution >= 4 is 11.7 Å². The highest BCUT2D eigenvalue weighted by atomic mass is 19.1. The van der Waals surface area contributed by atoms with Crippen LogP contribution in [0.3, 0.4) is 0 Å². The molecule has 2 aromatic heterocycles. The molecule has 0 bridgehead atoms. The number of carbonyl (C=O) groups is 1. The van der Waals surface area contributed by atoms with Crippen molar-refractivity contribution in [2.45, 2.75) is 85.9 Å². The quantitative estimate of drug-likeness (QED) is 0.253. The lowest BCUT2D eigenvalue weighted by atomic mass is 9.82. The Morgan fingerprint density at radius 1 is 1.10 bits per heavy atom. The molecule has 3 aromatic rings. The number of ether oxygens (including phenoxy) is 2. The van der Waals surface area contributed by atoms with Crippen LogP contribution in [-0.4, -0.2) is 46.3 Å². The number of pyridine rings is 2. The summed E-state index contributed by atoms with van der Waals surface area (Å²) in [6.07, 6.45) is 3.91. The van der Waals surface area contributed by atoms with Crippen LogP contribution in [-0.2, 0) is 16.0 Å². The van der Waals surface area contributed by atoms with Crippen molar-refractivity contribution in [3.05, 3.63) is 70.9 Å². The van der Waals surface area contributed by atoms with Crippen molar-refractivity contribution < 1.29 is 23.8 Å². The number of aryl methyl sites for hydroxylation is 2. The van der Waals surface area contributed by atoms with E-state index in [2.05, 4.69) is 23.7 Å². The van der Waals surface area contributed by atoms with E-state index in [1.807, 2.05) is 46.8 Å². The minimum Gasteiger partial charge on any atom is -0.491 e. The van der Waals surface area contributed by atoms with Gasteiger partial charge in [0.1, 0.15) is 11.6 Å². The number of benzene rings is 1. The van der Waals surface area contributed by atoms with Gasteiger partial charge in [0, 0.05) is 42.5 Å². The summed E-state index contributed by atoms with van der Waals surface area (Å²) in [4.78, 5) is 24.6. The highest BCUT2D eigenvalue weighted by Crippen LogP contribution is 2.43. The number of carboxylic acids is 1. The molecule has 0 amide bonds. The molecule has 3 heterocycles. The molecule has 1 aromatic carbocycles. The number of hydrogen-bond acceptors (Lipinski definition) is 6. The second-order valence-electron chi connectivity index (χ2n) is 12.6. The number of nitrogens with zero attached hydrogens (tertiary/aromatic N) is 3. The molecule has 1 aliphatic rings. The first kappa shape index (κ1) is 31.4. The fourth-order valence-electron chi connectivity index (χ4n) is 5.20. The molecule has 0 saturated carbocycles. The van der Waals surface area contributed by atoms with Crippen LogP contribution in [0.15, 0.2) is 42.6 Å². The van der Waals surface area contributed by atoms with Crippen molar-refractivity contribution in [3.8, 4) is 17.0 Å². The molecule has 0 aliphatic carbocycles. The summed E-state index contributed by atoms with van der Waals surface area (Å²) in [6, 6.07) is 10.2. The predicted octanol–water partition coefficient (Wildman–Crippen LogP) is 7.48. The minimum atomic E-state index is -1.17. The van der Waals surface area contributed by atoms with Crippen LogP contribution in [0.25, 0.3) is 11.3 Å². The van der Waals surface area contributed by atoms with Gasteiger partial charge in [0.15, 0.2) is 6.10 Å². The standard InChI is InChI=1S/C34H44FN3O4/c1-8-34(6,7)42-31(32(39)40)29-23(3)36-21-26(30(29)38-18-16-33(4,5)17-19-38)27-13-14-28(22(2)37-27)41-20-15-24-9-11-25(35)12-10-24/h9-14,21,31H,8,15-20H2,1-7H3,(H,39,40). The van der Waals surface area contributed by atoms with E-state index in [1.165, 1.54) is 12.1 Å². The molecule has 226 valence electrons. The van der Waals surface area contributed by atoms with Crippen LogP contribution >= 0.6 is 0 Å². The lowest BCUT2D eigenvalue weighted by Crippen LogP contribution is -2.39. The van der Waals surface area contributed by atoms with E-state index in [9.17, 15) is 14.3 Å². The van der Waals surface area contributed by atoms with Gasteiger partial charge in [-0.1, -0.05) is 32.9 Å². The van der Waals surface area contributed by atoms with E-state index in [0.29, 0.717) is 42.1 Å². The van der Waals surface area contributed by atoms with Gasteiger partial charge in [0.2, 0.25) is 0 Å². The molecule has 0 radical (unpaired) electrons. The van der Waals surface area contributed by atoms with Crippen molar-refractivity contribution in [3.63, 3.8) is 0 Å². The van der Waals surface area contributed by atoms with Gasteiger partial charge in [0.25, 0.3) is 0 Å². The molecule has 1 aliphatic heterocycles. The summed E-state index contributed by atoms with van der Waals surface area (Å²) in [5.41, 5.74) is 4.82. The van der Waals surface area contributed by atoms with E-state index < -0.39 is 17.7 Å². The van der Waals surface area contributed by atoms with Gasteiger partial charge in [-0.3, -0.25) is 4.98 Å². The third kappa shape index (κ3) is 7.46. The average molecular weight is 578 g/mol. The number of aliphatic carboxylic acids is 1. The predicted molar refractivity (Wildman–Crippen MR) is 164 cm³/mol. The van der Waals surface area contributed by atoms with Gasteiger partial charge >= 0.3 is 5.97 Å². The SMILES string of the molecule is CCC(C)(C)OC(C(=O)O)c1c(C)ncc(-c2ccc(OCCc3ccc(F)cc3)c(C)n2)c1N1CCC(C)(C)CC1. The normalized spacial score (nSPS) is 15.9. The number of piperidine rings is 1. The first-order valence-corrected chi connectivity index (χ1v) is 14.8. The van der Waals surface area contributed by atoms with Crippen LogP contribution < -0.4 is 9.64 Å². The Morgan fingerprint density at radius 3 is 2.36 bits per heavy atom. The van der Waals surface area contributed by atoms with Crippen molar-refractivity contribution in [2.75, 3.05) is 24.6 Å². The van der Waals surface area contributed by atoms with Crippen LogP contribution in [0.5, 0.6) is 5.75 Å². The molecule has 1 atom stereocenters. The lowest BCUT2D eigenvalue weighted by molar-refractivity contribution is -0.162. The number of rotatable bonds is 11. The summed E-state index contributed by atoms with van der Waals surface area (Å²) < 4.78 is 25.5. The van der Waals surface area contributed by atoms with Gasteiger partial charge in [0.05, 0.1) is 29.3 Å². The molecule has 8 heteroatoms. The molecule has 0 spiro atoms. The number of hydrogen-bond donors (Lipinski definition) is 1. The zero-order valence-corrected chi connectivity index (χ0v) is 26.0. The van der Waals surface area contributed by atoms with E-state index in [1.54, 1.807) is 18.3 Å². The van der Waals surface area contributed by atoms with Gasteiger partial charge in [-0.25, -0.2) is 14.2 Å². The van der Waals surface area contributed by atoms with Crippen LogP contribution in [0, 0.1) is 25.1 Å². The molecule has 1 N–H and O–H groups in total. The summed E-state index contributed by atoms with van der Waals surface area (Å²) in [5, 5.41) is 10.4. The van der Waals surface area contributed by atoms with Gasteiger partial charge in [-0.2, -0.15) is 0 Å². The molecule has 7 nitrogen and oxygen atoms in total. The summed E-state index contributed by atoms with van der Waals surface area (Å²) in [5.74, 6) is -0.628. The number of carboxylic acid groups (broad SMARTS) is 1. The summed E-state index contributed by atoms with van der Waals surface area (Å²) in [7, 11) is 0. The first-order valence-electron chi connectivity index (χ1n) is 14.8. The third-order valence-corrected chi connectivity index (χ3v) is 8.37. The largest absolute Gasteiger partial charge is 0.491 e. The molecular formula is C34H44FN3O4. The fourth-order valence-corrected chi connectivity index (χ4v) is 5.20. The summed E-state index contributed by atoms with van der Waals surface area (Å²) in [6.45, 7) is 16.1. The Hall–Kier alpha value is -3.52. The lowest BCUT2D eigenvalue weighted by Gasteiger charge is -2.41. The molecule has 1 fully saturated rings. The van der Waals surface area contributed by atoms with Gasteiger partial charge in [-0.15, -0.1) is 0 Å². The molecule has 42 heavy (non-hydrogen) atoms. The van der Waals surface area contributed by atoms with E-state index >= 15 is 0 Å². The number of aromatic nitrogens is 2. The second-order valence-corrected chi connectivity index (χ2v) is 12.6. The Morgan fingerprint density at radius 2 is 1.76 bits per heavy atom. The Kier molecular flexibility index (Phi) is 9.56. The van der Waals surface area contributed by atoms with Crippen LogP contribution in [0.2, 0.25) is 0 Å². The number of halogens is 1. The van der Waals surface area contributed by atoms with Crippen molar-refractivity contribution in [1.29, 1.82) is 0 Å². The molecule has 1 unspecified atom stereocenters.